The average molecular weight is 549 g/mol. The molecule has 0 radical (unpaired) electrons. The number of nitrogens with two attached hydrogens (primary N) is 1. The van der Waals surface area contributed by atoms with Crippen LogP contribution in [0.5, 0.6) is 12.0 Å². The Morgan fingerprint density at radius 1 is 1.05 bits per heavy atom. The van der Waals surface area contributed by atoms with E-state index in [-0.39, 0.29) is 29.5 Å². The molecule has 2 aromatic rings. The summed E-state index contributed by atoms with van der Waals surface area (Å²) in [6.45, 7) is 14.2. The van der Waals surface area contributed by atoms with Crippen LogP contribution >= 0.6 is 11.3 Å². The van der Waals surface area contributed by atoms with E-state index < -0.39 is 5.54 Å². The fourth-order valence-corrected chi connectivity index (χ4v) is 7.31. The number of anilines is 2. The van der Waals surface area contributed by atoms with E-state index in [0.717, 1.165) is 76.9 Å². The van der Waals surface area contributed by atoms with Gasteiger partial charge in [-0.1, -0.05) is 0 Å². The van der Waals surface area contributed by atoms with Gasteiger partial charge in [-0.15, -0.1) is 16.3 Å². The third-order valence-corrected chi connectivity index (χ3v) is 10.1. The van der Waals surface area contributed by atoms with Crippen LogP contribution in [0, 0.1) is 23.3 Å². The van der Waals surface area contributed by atoms with Gasteiger partial charge >= 0.3 is 12.0 Å². The molecule has 11 nitrogen and oxygen atoms in total. The van der Waals surface area contributed by atoms with Crippen LogP contribution in [0.25, 0.3) is 4.85 Å². The van der Waals surface area contributed by atoms with Crippen LogP contribution in [0.2, 0.25) is 0 Å². The molecule has 2 saturated heterocycles. The minimum absolute atomic E-state index is 0.0956. The van der Waals surface area contributed by atoms with Crippen molar-refractivity contribution in [3.63, 3.8) is 0 Å². The van der Waals surface area contributed by atoms with Gasteiger partial charge in [0.25, 0.3) is 5.54 Å². The van der Waals surface area contributed by atoms with Crippen molar-refractivity contribution in [2.45, 2.75) is 49.5 Å². The normalized spacial score (nSPS) is 23.4. The van der Waals surface area contributed by atoms with Gasteiger partial charge in [-0.3, -0.25) is 4.90 Å². The molecule has 2 aromatic heterocycles. The predicted molar refractivity (Wildman–Crippen MR) is 144 cm³/mol. The number of aryl methyl sites for hydroxylation is 1. The third-order valence-electron chi connectivity index (χ3n) is 9.00. The van der Waals surface area contributed by atoms with Gasteiger partial charge in [0.2, 0.25) is 5.95 Å². The Kier molecular flexibility index (Phi) is 5.85. The van der Waals surface area contributed by atoms with Crippen LogP contribution in [-0.4, -0.2) is 84.5 Å². The van der Waals surface area contributed by atoms with Crippen LogP contribution < -0.4 is 20.1 Å². The molecule has 2 N–H and O–H groups in total. The van der Waals surface area contributed by atoms with Gasteiger partial charge < -0.3 is 29.7 Å². The number of hydrogen-bond donors (Lipinski definition) is 1. The Bertz CT molecular complexity index is 1360. The Morgan fingerprint density at radius 3 is 2.41 bits per heavy atom. The number of nitrogens with zero attached hydrogens (tertiary/aromatic N) is 7. The number of fused-ring (bicyclic) bond motifs is 2. The maximum atomic E-state index is 9.73. The average Bonchev–Trinajstić information content (AvgIpc) is 3.82. The molecule has 1 spiro atoms. The molecule has 0 bridgehead atoms. The lowest BCUT2D eigenvalue weighted by molar-refractivity contribution is 0.0231. The smallest absolute Gasteiger partial charge is 0.324 e. The fourth-order valence-electron chi connectivity index (χ4n) is 6.17. The van der Waals surface area contributed by atoms with E-state index in [1.807, 2.05) is 0 Å². The molecule has 0 aromatic carbocycles. The van der Waals surface area contributed by atoms with Gasteiger partial charge in [-0.05, 0) is 31.2 Å². The number of nitriles is 1. The maximum Gasteiger partial charge on any atom is 0.324 e. The molecule has 2 saturated carbocycles. The second kappa shape index (κ2) is 9.19. The van der Waals surface area contributed by atoms with Gasteiger partial charge in [0.15, 0.2) is 6.61 Å². The number of ether oxygens (including phenoxy) is 3. The number of nitrogen functional groups attached to an aromatic ring is 1. The second-order valence-corrected chi connectivity index (χ2v) is 13.0. The lowest BCUT2D eigenvalue weighted by Crippen LogP contribution is -2.59. The first kappa shape index (κ1) is 24.8. The molecular weight excluding hydrogens is 516 g/mol. The van der Waals surface area contributed by atoms with E-state index in [1.165, 1.54) is 4.88 Å². The van der Waals surface area contributed by atoms with E-state index in [1.54, 1.807) is 11.3 Å². The Morgan fingerprint density at radius 2 is 1.77 bits per heavy atom. The molecule has 204 valence electrons. The molecule has 4 heterocycles. The number of hydrogen-bond acceptors (Lipinski definition) is 11. The van der Waals surface area contributed by atoms with Gasteiger partial charge in [0, 0.05) is 61.3 Å². The van der Waals surface area contributed by atoms with Gasteiger partial charge in [0.1, 0.15) is 11.1 Å². The van der Waals surface area contributed by atoms with E-state index in [4.69, 9.17) is 31.5 Å². The second-order valence-electron chi connectivity index (χ2n) is 11.9. The van der Waals surface area contributed by atoms with Crippen LogP contribution in [0.4, 0.5) is 10.9 Å². The van der Waals surface area contributed by atoms with Crippen LogP contribution in [0.3, 0.4) is 0 Å². The summed E-state index contributed by atoms with van der Waals surface area (Å²) in [7, 11) is 0. The molecule has 0 amide bonds. The summed E-state index contributed by atoms with van der Waals surface area (Å²) in [4.78, 5) is 23.3. The lowest BCUT2D eigenvalue weighted by Gasteiger charge is -2.48. The van der Waals surface area contributed by atoms with E-state index >= 15 is 0 Å². The van der Waals surface area contributed by atoms with Crippen molar-refractivity contribution in [1.82, 2.24) is 19.9 Å². The molecule has 2 aliphatic heterocycles. The predicted octanol–water partition coefficient (Wildman–Crippen LogP) is 2.41. The first-order valence-corrected chi connectivity index (χ1v) is 14.5. The summed E-state index contributed by atoms with van der Waals surface area (Å²) in [6, 6.07) is 2.80. The quantitative estimate of drug-likeness (QED) is 0.467. The van der Waals surface area contributed by atoms with Crippen LogP contribution in [0.15, 0.2) is 0 Å². The van der Waals surface area contributed by atoms with Crippen LogP contribution in [-0.2, 0) is 16.6 Å². The molecule has 39 heavy (non-hydrogen) atoms. The molecule has 4 fully saturated rings. The SMILES string of the molecule is [C-]#[N+]C1(COc2nc(OCC3(CN4CCOCC4)CC3)nc(N3CC4(CCc5sc(N)c(C#N)c54)C3)n2)CC1. The largest absolute Gasteiger partial charge is 0.463 e. The summed E-state index contributed by atoms with van der Waals surface area (Å²) < 4.78 is 17.7. The lowest BCUT2D eigenvalue weighted by atomic mass is 9.74. The summed E-state index contributed by atoms with van der Waals surface area (Å²) in [5.41, 5.74) is 7.50. The zero-order valence-electron chi connectivity index (χ0n) is 21.9. The molecule has 0 unspecified atom stereocenters. The highest BCUT2D eigenvalue weighted by atomic mass is 32.1. The summed E-state index contributed by atoms with van der Waals surface area (Å²) >= 11 is 1.55. The van der Waals surface area contributed by atoms with Crippen LogP contribution in [0.1, 0.15) is 48.1 Å². The highest BCUT2D eigenvalue weighted by Gasteiger charge is 2.53. The molecule has 12 heteroatoms. The standard InChI is InChI=1S/C27H32N8O3S/c1-30-27(6-7-27)17-38-24-32-22(35-14-26(15-35)3-2-19-20(26)18(12-28)21(29)39-19)31-23(33-24)37-16-25(4-5-25)13-34-8-10-36-11-9-34/h2-11,13-17,29H2. The summed E-state index contributed by atoms with van der Waals surface area (Å²) in [5.74, 6) is 0.515. The van der Waals surface area contributed by atoms with Crippen molar-refractivity contribution in [3.05, 3.63) is 27.4 Å². The first-order chi connectivity index (χ1) is 18.9. The monoisotopic (exact) mass is 548 g/mol. The Balaban J connectivity index is 1.08. The maximum absolute atomic E-state index is 9.73. The minimum Gasteiger partial charge on any atom is -0.463 e. The van der Waals surface area contributed by atoms with Crippen molar-refractivity contribution in [3.8, 4) is 18.1 Å². The first-order valence-electron chi connectivity index (χ1n) is 13.7. The topological polar surface area (TPSA) is 127 Å². The number of morpholine rings is 1. The van der Waals surface area contributed by atoms with Gasteiger partial charge in [-0.25, -0.2) is 6.57 Å². The van der Waals surface area contributed by atoms with Crippen molar-refractivity contribution in [1.29, 1.82) is 5.26 Å². The van der Waals surface area contributed by atoms with Gasteiger partial charge in [-0.2, -0.15) is 15.2 Å². The van der Waals surface area contributed by atoms with E-state index in [0.29, 0.717) is 36.2 Å². The Hall–Kier alpha value is -3.19. The molecule has 0 atom stereocenters. The highest BCUT2D eigenvalue weighted by molar-refractivity contribution is 7.16. The zero-order valence-corrected chi connectivity index (χ0v) is 22.8. The summed E-state index contributed by atoms with van der Waals surface area (Å²) in [6.07, 6.45) is 5.87. The van der Waals surface area contributed by atoms with E-state index in [9.17, 15) is 5.26 Å². The molecular formula is C27H32N8O3S. The van der Waals surface area contributed by atoms with Crippen molar-refractivity contribution >= 4 is 22.3 Å². The fraction of sp³-hybridized carbons (Fsp3) is 0.667. The zero-order chi connectivity index (χ0) is 26.7. The summed E-state index contributed by atoms with van der Waals surface area (Å²) in [5, 5.41) is 10.3. The molecule has 3 aliphatic carbocycles. The molecule has 7 rings (SSSR count). The Labute approximate surface area is 231 Å². The minimum atomic E-state index is -0.447. The van der Waals surface area contributed by atoms with Crippen molar-refractivity contribution < 1.29 is 14.2 Å². The third kappa shape index (κ3) is 4.54. The van der Waals surface area contributed by atoms with Crippen molar-refractivity contribution in [2.24, 2.45) is 5.41 Å². The van der Waals surface area contributed by atoms with Gasteiger partial charge in [0.05, 0.1) is 25.4 Å². The number of aromatic nitrogens is 3. The number of thiophene rings is 1. The highest BCUT2D eigenvalue weighted by Crippen LogP contribution is 2.52. The molecule has 5 aliphatic rings. The van der Waals surface area contributed by atoms with E-state index in [2.05, 4.69) is 30.7 Å². The number of rotatable bonds is 9. The van der Waals surface area contributed by atoms with Crippen molar-refractivity contribution in [2.75, 3.05) is 69.8 Å².